The van der Waals surface area contributed by atoms with E-state index in [2.05, 4.69) is 20.8 Å². The summed E-state index contributed by atoms with van der Waals surface area (Å²) in [6, 6.07) is 3.38. The molecule has 0 saturated carbocycles. The molecule has 0 aliphatic carbocycles. The zero-order valence-corrected chi connectivity index (χ0v) is 13.2. The predicted molar refractivity (Wildman–Crippen MR) is 86.1 cm³/mol. The largest absolute Gasteiger partial charge is 0.349 e. The number of hydrogen-bond acceptors (Lipinski definition) is 5. The smallest absolute Gasteiger partial charge is 0.270 e. The summed E-state index contributed by atoms with van der Waals surface area (Å²) >= 11 is 0. The third kappa shape index (κ3) is 3.76. The number of nitrogens with zero attached hydrogens (tertiary/aromatic N) is 3. The number of amides is 3. The van der Waals surface area contributed by atoms with Gasteiger partial charge in [-0.2, -0.15) is 5.10 Å². The number of carbonyl (C=O) groups is 3. The van der Waals surface area contributed by atoms with Crippen molar-refractivity contribution in [3.63, 3.8) is 0 Å². The lowest BCUT2D eigenvalue weighted by Crippen LogP contribution is -2.49. The maximum atomic E-state index is 12.4. The lowest BCUT2D eigenvalue weighted by molar-refractivity contribution is -0.125. The fourth-order valence-corrected chi connectivity index (χ4v) is 2.81. The normalized spacial score (nSPS) is 18.6. The van der Waals surface area contributed by atoms with E-state index in [0.29, 0.717) is 50.0 Å². The first-order chi connectivity index (χ1) is 11.6. The standard InChI is InChI=1S/C16H19N5O3/c22-14-2-1-13(19-20-14)16(24)21-9-5-12(6-10-21)18-15(23)11-3-7-17-8-4-11/h3-4,7-8,12H,1-2,5-6,9-10H2,(H,18,23)(H,20,22). The van der Waals surface area contributed by atoms with Crippen LogP contribution in [0.2, 0.25) is 0 Å². The minimum absolute atomic E-state index is 0.0442. The first-order valence-corrected chi connectivity index (χ1v) is 7.99. The summed E-state index contributed by atoms with van der Waals surface area (Å²) in [6.07, 6.45) is 5.23. The van der Waals surface area contributed by atoms with Crippen LogP contribution in [-0.2, 0) is 9.59 Å². The van der Waals surface area contributed by atoms with Crippen molar-refractivity contribution in [3.8, 4) is 0 Å². The number of nitrogens with one attached hydrogen (secondary N) is 2. The van der Waals surface area contributed by atoms with Crippen molar-refractivity contribution < 1.29 is 14.4 Å². The van der Waals surface area contributed by atoms with Crippen LogP contribution in [-0.4, -0.2) is 52.4 Å². The fourth-order valence-electron chi connectivity index (χ4n) is 2.81. The molecule has 0 bridgehead atoms. The van der Waals surface area contributed by atoms with E-state index in [0.717, 1.165) is 0 Å². The Labute approximate surface area is 139 Å². The third-order valence-electron chi connectivity index (χ3n) is 4.21. The van der Waals surface area contributed by atoms with E-state index in [1.54, 1.807) is 29.4 Å². The Morgan fingerprint density at radius 2 is 1.88 bits per heavy atom. The molecule has 24 heavy (non-hydrogen) atoms. The van der Waals surface area contributed by atoms with Gasteiger partial charge in [0.25, 0.3) is 11.8 Å². The molecule has 8 heteroatoms. The molecule has 2 aliphatic heterocycles. The number of pyridine rings is 1. The Hall–Kier alpha value is -2.77. The highest BCUT2D eigenvalue weighted by molar-refractivity contribution is 6.39. The monoisotopic (exact) mass is 329 g/mol. The van der Waals surface area contributed by atoms with Crippen molar-refractivity contribution >= 4 is 23.4 Å². The molecule has 8 nitrogen and oxygen atoms in total. The lowest BCUT2D eigenvalue weighted by Gasteiger charge is -2.33. The van der Waals surface area contributed by atoms with Crippen LogP contribution in [0.5, 0.6) is 0 Å². The molecule has 1 aromatic heterocycles. The molecule has 3 rings (SSSR count). The molecule has 0 aromatic carbocycles. The van der Waals surface area contributed by atoms with E-state index in [9.17, 15) is 14.4 Å². The number of aromatic nitrogens is 1. The molecule has 1 saturated heterocycles. The molecule has 3 amide bonds. The molecule has 1 fully saturated rings. The molecular weight excluding hydrogens is 310 g/mol. The first-order valence-electron chi connectivity index (χ1n) is 7.99. The van der Waals surface area contributed by atoms with Gasteiger partial charge in [0, 0.05) is 49.9 Å². The average molecular weight is 329 g/mol. The summed E-state index contributed by atoms with van der Waals surface area (Å²) in [7, 11) is 0. The highest BCUT2D eigenvalue weighted by atomic mass is 16.2. The molecule has 0 atom stereocenters. The second-order valence-corrected chi connectivity index (χ2v) is 5.87. The molecule has 2 N–H and O–H groups in total. The Balaban J connectivity index is 1.50. The SMILES string of the molecule is O=C1CCC(C(=O)N2CCC(NC(=O)c3ccncc3)CC2)=NN1. The summed E-state index contributed by atoms with van der Waals surface area (Å²) in [5.74, 6) is -0.417. The Kier molecular flexibility index (Phi) is 4.83. The second-order valence-electron chi connectivity index (χ2n) is 5.87. The van der Waals surface area contributed by atoms with Gasteiger partial charge in [0.1, 0.15) is 5.71 Å². The van der Waals surface area contributed by atoms with E-state index in [1.807, 2.05) is 0 Å². The van der Waals surface area contributed by atoms with Gasteiger partial charge < -0.3 is 10.2 Å². The van der Waals surface area contributed by atoms with Crippen LogP contribution in [0.1, 0.15) is 36.0 Å². The number of hydrazone groups is 1. The minimum Gasteiger partial charge on any atom is -0.349 e. The number of rotatable bonds is 3. The first kappa shape index (κ1) is 16.1. The van der Waals surface area contributed by atoms with Crippen molar-refractivity contribution in [2.75, 3.05) is 13.1 Å². The summed E-state index contributed by atoms with van der Waals surface area (Å²) in [5, 5.41) is 6.83. The number of piperidine rings is 1. The van der Waals surface area contributed by atoms with E-state index in [-0.39, 0.29) is 23.8 Å². The van der Waals surface area contributed by atoms with Gasteiger partial charge in [0.2, 0.25) is 5.91 Å². The van der Waals surface area contributed by atoms with Crippen molar-refractivity contribution in [1.82, 2.24) is 20.6 Å². The minimum atomic E-state index is -0.163. The summed E-state index contributed by atoms with van der Waals surface area (Å²) in [5.41, 5.74) is 3.32. The Bertz CT molecular complexity index is 666. The number of carbonyl (C=O) groups excluding carboxylic acids is 3. The quantitative estimate of drug-likeness (QED) is 0.819. The maximum Gasteiger partial charge on any atom is 0.270 e. The molecule has 3 heterocycles. The van der Waals surface area contributed by atoms with E-state index in [4.69, 9.17) is 0 Å². The van der Waals surface area contributed by atoms with Crippen molar-refractivity contribution in [2.45, 2.75) is 31.7 Å². The van der Waals surface area contributed by atoms with Crippen molar-refractivity contribution in [2.24, 2.45) is 5.10 Å². The average Bonchev–Trinajstić information content (AvgIpc) is 2.63. The third-order valence-corrected chi connectivity index (χ3v) is 4.21. The fraction of sp³-hybridized carbons (Fsp3) is 0.438. The summed E-state index contributed by atoms with van der Waals surface area (Å²) in [6.45, 7) is 1.13. The van der Waals surface area contributed by atoms with Crippen molar-refractivity contribution in [3.05, 3.63) is 30.1 Å². The molecule has 1 aromatic rings. The van der Waals surface area contributed by atoms with E-state index in [1.165, 1.54) is 0 Å². The van der Waals surface area contributed by atoms with Gasteiger partial charge in [-0.25, -0.2) is 5.43 Å². The van der Waals surface area contributed by atoms with Crippen LogP contribution in [0.3, 0.4) is 0 Å². The van der Waals surface area contributed by atoms with Gasteiger partial charge in [-0.05, 0) is 25.0 Å². The van der Waals surface area contributed by atoms with Gasteiger partial charge in [0.15, 0.2) is 0 Å². The number of hydrogen-bond donors (Lipinski definition) is 2. The van der Waals surface area contributed by atoms with Gasteiger partial charge in [-0.15, -0.1) is 0 Å². The van der Waals surface area contributed by atoms with Gasteiger partial charge >= 0.3 is 0 Å². The van der Waals surface area contributed by atoms with Gasteiger partial charge in [-0.3, -0.25) is 19.4 Å². The van der Waals surface area contributed by atoms with E-state index >= 15 is 0 Å². The highest BCUT2D eigenvalue weighted by Gasteiger charge is 2.28. The topological polar surface area (TPSA) is 104 Å². The summed E-state index contributed by atoms with van der Waals surface area (Å²) < 4.78 is 0. The van der Waals surface area contributed by atoms with Crippen LogP contribution in [0, 0.1) is 0 Å². The van der Waals surface area contributed by atoms with Crippen LogP contribution in [0.4, 0.5) is 0 Å². The van der Waals surface area contributed by atoms with Gasteiger partial charge in [-0.1, -0.05) is 0 Å². The van der Waals surface area contributed by atoms with Gasteiger partial charge in [0.05, 0.1) is 0 Å². The molecule has 0 unspecified atom stereocenters. The Morgan fingerprint density at radius 1 is 1.17 bits per heavy atom. The van der Waals surface area contributed by atoms with Crippen LogP contribution in [0.15, 0.2) is 29.6 Å². The van der Waals surface area contributed by atoms with Crippen LogP contribution >= 0.6 is 0 Å². The molecule has 126 valence electrons. The maximum absolute atomic E-state index is 12.4. The predicted octanol–water partition coefficient (Wildman–Crippen LogP) is 0.0684. The van der Waals surface area contributed by atoms with E-state index < -0.39 is 0 Å². The second kappa shape index (κ2) is 7.20. The zero-order chi connectivity index (χ0) is 16.9. The van der Waals surface area contributed by atoms with Crippen LogP contribution in [0.25, 0.3) is 0 Å². The van der Waals surface area contributed by atoms with Crippen molar-refractivity contribution in [1.29, 1.82) is 0 Å². The Morgan fingerprint density at radius 3 is 2.50 bits per heavy atom. The van der Waals surface area contributed by atoms with Crippen LogP contribution < -0.4 is 10.7 Å². The lowest BCUT2D eigenvalue weighted by atomic mass is 10.0. The molecule has 2 aliphatic rings. The zero-order valence-electron chi connectivity index (χ0n) is 13.2. The molecule has 0 spiro atoms. The number of likely N-dealkylation sites (tertiary alicyclic amines) is 1. The summed E-state index contributed by atoms with van der Waals surface area (Å²) in [4.78, 5) is 41.2. The highest BCUT2D eigenvalue weighted by Crippen LogP contribution is 2.13. The molecular formula is C16H19N5O3. The molecule has 0 radical (unpaired) electrons.